The molecule has 1 atom stereocenters. The van der Waals surface area contributed by atoms with Crippen molar-refractivity contribution in [2.75, 3.05) is 26.2 Å². The van der Waals surface area contributed by atoms with Gasteiger partial charge in [-0.1, -0.05) is 0 Å². The second kappa shape index (κ2) is 8.90. The average Bonchev–Trinajstić information content (AvgIpc) is 3.25. The quantitative estimate of drug-likeness (QED) is 0.452. The van der Waals surface area contributed by atoms with Gasteiger partial charge in [0.15, 0.2) is 0 Å². The van der Waals surface area contributed by atoms with Crippen LogP contribution in [0.25, 0.3) is 15.4 Å². The zero-order valence-corrected chi connectivity index (χ0v) is 21.3. The van der Waals surface area contributed by atoms with Crippen molar-refractivity contribution in [1.82, 2.24) is 40.0 Å². The van der Waals surface area contributed by atoms with Gasteiger partial charge in [-0.2, -0.15) is 5.10 Å². The molecule has 5 heterocycles. The molecule has 1 aliphatic carbocycles. The number of nitrogens with zero attached hydrogens (tertiary/aromatic N) is 5. The summed E-state index contributed by atoms with van der Waals surface area (Å²) in [5.41, 5.74) is 3.05. The van der Waals surface area contributed by atoms with Crippen LogP contribution in [0.1, 0.15) is 36.5 Å². The van der Waals surface area contributed by atoms with E-state index in [2.05, 4.69) is 30.9 Å². The van der Waals surface area contributed by atoms with Crippen LogP contribution in [0.2, 0.25) is 0 Å². The Bertz CT molecular complexity index is 1390. The SMILES string of the molecule is CC1NC=C(C(=O)NCCN2CCC3(CC3)C2)C=C1NC(=O)c1cnn2cc(-c3cn(C)cn3)sc12. The van der Waals surface area contributed by atoms with Gasteiger partial charge in [-0.15, -0.1) is 11.3 Å². The van der Waals surface area contributed by atoms with Crippen molar-refractivity contribution in [2.24, 2.45) is 12.5 Å². The smallest absolute Gasteiger partial charge is 0.260 e. The van der Waals surface area contributed by atoms with Crippen LogP contribution in [0, 0.1) is 5.41 Å². The Hall–Kier alpha value is -3.44. The maximum atomic E-state index is 13.2. The van der Waals surface area contributed by atoms with Crippen molar-refractivity contribution < 1.29 is 9.59 Å². The highest BCUT2D eigenvalue weighted by atomic mass is 32.1. The fraction of sp³-hybridized carbons (Fsp3) is 0.440. The Labute approximate surface area is 213 Å². The lowest BCUT2D eigenvalue weighted by atomic mass is 10.1. The van der Waals surface area contributed by atoms with E-state index < -0.39 is 0 Å². The number of imidazole rings is 1. The van der Waals surface area contributed by atoms with Gasteiger partial charge < -0.3 is 25.4 Å². The third kappa shape index (κ3) is 4.44. The van der Waals surface area contributed by atoms with E-state index in [4.69, 9.17) is 0 Å². The molecule has 0 aromatic carbocycles. The Kier molecular flexibility index (Phi) is 5.68. The van der Waals surface area contributed by atoms with Crippen LogP contribution < -0.4 is 16.0 Å². The monoisotopic (exact) mass is 506 g/mol. The molecule has 10 nitrogen and oxygen atoms in total. The molecule has 1 spiro atoms. The summed E-state index contributed by atoms with van der Waals surface area (Å²) >= 11 is 1.47. The van der Waals surface area contributed by atoms with Gasteiger partial charge >= 0.3 is 0 Å². The lowest BCUT2D eigenvalue weighted by Crippen LogP contribution is -2.39. The minimum Gasteiger partial charge on any atom is -0.382 e. The topological polar surface area (TPSA) is 109 Å². The van der Waals surface area contributed by atoms with Gasteiger partial charge in [0.1, 0.15) is 4.83 Å². The Morgan fingerprint density at radius 2 is 2.11 bits per heavy atom. The first-order chi connectivity index (χ1) is 17.4. The first-order valence-corrected chi connectivity index (χ1v) is 13.2. The van der Waals surface area contributed by atoms with E-state index >= 15 is 0 Å². The van der Waals surface area contributed by atoms with Crippen LogP contribution in [-0.4, -0.2) is 68.1 Å². The number of thiazole rings is 1. The maximum Gasteiger partial charge on any atom is 0.260 e. The van der Waals surface area contributed by atoms with Crippen LogP contribution in [0.15, 0.2) is 48.5 Å². The number of fused-ring (bicyclic) bond motifs is 1. The van der Waals surface area contributed by atoms with Gasteiger partial charge in [0.2, 0.25) is 0 Å². The van der Waals surface area contributed by atoms with Gasteiger partial charge in [0.05, 0.1) is 40.3 Å². The molecule has 3 N–H and O–H groups in total. The molecule has 2 aliphatic heterocycles. The molecule has 2 amide bonds. The van der Waals surface area contributed by atoms with E-state index in [1.165, 1.54) is 30.6 Å². The van der Waals surface area contributed by atoms with Crippen molar-refractivity contribution in [3.05, 3.63) is 54.0 Å². The predicted molar refractivity (Wildman–Crippen MR) is 137 cm³/mol. The molecular weight excluding hydrogens is 476 g/mol. The Morgan fingerprint density at radius 3 is 2.86 bits per heavy atom. The molecule has 3 aliphatic rings. The van der Waals surface area contributed by atoms with E-state index in [0.29, 0.717) is 28.8 Å². The fourth-order valence-electron chi connectivity index (χ4n) is 4.95. The minimum atomic E-state index is -0.260. The summed E-state index contributed by atoms with van der Waals surface area (Å²) in [5, 5.41) is 13.5. The number of likely N-dealkylation sites (tertiary alicyclic amines) is 1. The first kappa shape index (κ1) is 23.0. The lowest BCUT2D eigenvalue weighted by Gasteiger charge is -2.23. The van der Waals surface area contributed by atoms with Crippen molar-refractivity contribution in [1.29, 1.82) is 0 Å². The van der Waals surface area contributed by atoms with Gasteiger partial charge in [0, 0.05) is 51.0 Å². The van der Waals surface area contributed by atoms with Crippen molar-refractivity contribution in [3.63, 3.8) is 0 Å². The number of aryl methyl sites for hydroxylation is 1. The summed E-state index contributed by atoms with van der Waals surface area (Å²) in [7, 11) is 1.92. The van der Waals surface area contributed by atoms with Gasteiger partial charge in [-0.25, -0.2) is 9.50 Å². The van der Waals surface area contributed by atoms with E-state index in [1.807, 2.05) is 30.9 Å². The third-order valence-corrected chi connectivity index (χ3v) is 8.51. The number of hydrogen-bond acceptors (Lipinski definition) is 7. The zero-order chi connectivity index (χ0) is 24.9. The molecule has 6 rings (SSSR count). The molecule has 11 heteroatoms. The number of amides is 2. The van der Waals surface area contributed by atoms with Crippen molar-refractivity contribution in [2.45, 2.75) is 32.2 Å². The largest absolute Gasteiger partial charge is 0.382 e. The Balaban J connectivity index is 1.09. The van der Waals surface area contributed by atoms with Crippen molar-refractivity contribution >= 4 is 28.0 Å². The number of nitrogens with one attached hydrogen (secondary N) is 3. The second-order valence-corrected chi connectivity index (χ2v) is 11.2. The molecule has 36 heavy (non-hydrogen) atoms. The molecule has 3 aromatic heterocycles. The number of rotatable bonds is 7. The number of carbonyl (C=O) groups is 2. The highest BCUT2D eigenvalue weighted by molar-refractivity contribution is 7.21. The van der Waals surface area contributed by atoms with Crippen LogP contribution >= 0.6 is 11.3 Å². The van der Waals surface area contributed by atoms with Crippen molar-refractivity contribution in [3.8, 4) is 10.6 Å². The standard InChI is InChI=1S/C25H30N8O2S/c1-16-19(9-17(10-27-16)22(34)26-6-8-32-7-5-25(14-32)3-4-25)30-23(35)18-11-29-33-13-21(36-24(18)33)20-12-31(2)15-28-20/h9-13,15-16,27H,3-8,14H2,1-2H3,(H,26,34)(H,30,35). The van der Waals surface area contributed by atoms with E-state index in [-0.39, 0.29) is 17.9 Å². The highest BCUT2D eigenvalue weighted by Gasteiger charge is 2.47. The predicted octanol–water partition coefficient (Wildman–Crippen LogP) is 1.89. The number of carbonyl (C=O) groups excluding carboxylic acids is 2. The molecule has 0 radical (unpaired) electrons. The lowest BCUT2D eigenvalue weighted by molar-refractivity contribution is -0.117. The van der Waals surface area contributed by atoms with Gasteiger partial charge in [0.25, 0.3) is 11.8 Å². The molecular formula is C25H30N8O2S. The average molecular weight is 507 g/mol. The highest BCUT2D eigenvalue weighted by Crippen LogP contribution is 2.52. The van der Waals surface area contributed by atoms with Gasteiger partial charge in [-0.05, 0) is 44.2 Å². The summed E-state index contributed by atoms with van der Waals surface area (Å²) < 4.78 is 3.58. The summed E-state index contributed by atoms with van der Waals surface area (Å²) in [4.78, 5) is 34.4. The molecule has 1 saturated carbocycles. The molecule has 1 unspecified atom stereocenters. The summed E-state index contributed by atoms with van der Waals surface area (Å²) in [6, 6.07) is -0.136. The van der Waals surface area contributed by atoms with Crippen LogP contribution in [0.5, 0.6) is 0 Å². The second-order valence-electron chi connectivity index (χ2n) is 10.2. The minimum absolute atomic E-state index is 0.136. The Morgan fingerprint density at radius 1 is 1.25 bits per heavy atom. The number of aromatic nitrogens is 4. The van der Waals surface area contributed by atoms with Crippen LogP contribution in [-0.2, 0) is 11.8 Å². The molecule has 1 saturated heterocycles. The molecule has 3 aromatic rings. The van der Waals surface area contributed by atoms with Crippen LogP contribution in [0.3, 0.4) is 0 Å². The van der Waals surface area contributed by atoms with Gasteiger partial charge in [-0.3, -0.25) is 9.59 Å². The van der Waals surface area contributed by atoms with Crippen LogP contribution in [0.4, 0.5) is 0 Å². The molecule has 188 valence electrons. The normalized spacial score (nSPS) is 20.8. The number of dihydropyridines is 1. The number of hydrogen-bond donors (Lipinski definition) is 3. The van der Waals surface area contributed by atoms with E-state index in [0.717, 1.165) is 35.0 Å². The van der Waals surface area contributed by atoms with E-state index in [1.54, 1.807) is 29.3 Å². The summed E-state index contributed by atoms with van der Waals surface area (Å²) in [6.07, 6.45) is 14.6. The van der Waals surface area contributed by atoms with E-state index in [9.17, 15) is 9.59 Å². The maximum absolute atomic E-state index is 13.2. The third-order valence-electron chi connectivity index (χ3n) is 7.37. The fourth-order valence-corrected chi connectivity index (χ4v) is 5.97. The molecule has 2 fully saturated rings. The molecule has 0 bridgehead atoms. The zero-order valence-electron chi connectivity index (χ0n) is 20.5. The first-order valence-electron chi connectivity index (χ1n) is 12.3. The summed E-state index contributed by atoms with van der Waals surface area (Å²) in [6.45, 7) is 5.72. The summed E-state index contributed by atoms with van der Waals surface area (Å²) in [5.74, 6) is -0.406.